The van der Waals surface area contributed by atoms with E-state index < -0.39 is 0 Å². The molecule has 0 amide bonds. The first-order valence-electron chi connectivity index (χ1n) is 6.27. The Morgan fingerprint density at radius 1 is 1.40 bits per heavy atom. The molecule has 0 aliphatic carbocycles. The van der Waals surface area contributed by atoms with Crippen molar-refractivity contribution < 1.29 is 9.53 Å². The molecule has 1 aromatic carbocycles. The van der Waals surface area contributed by atoms with E-state index in [-0.39, 0.29) is 12.4 Å². The monoisotopic (exact) mass is 336 g/mol. The molecule has 0 saturated heterocycles. The molecule has 0 aliphatic rings. The second kappa shape index (κ2) is 5.79. The van der Waals surface area contributed by atoms with E-state index in [2.05, 4.69) is 20.9 Å². The van der Waals surface area contributed by atoms with Gasteiger partial charge in [0, 0.05) is 35.2 Å². The fourth-order valence-electron chi connectivity index (χ4n) is 2.32. The van der Waals surface area contributed by atoms with Crippen molar-refractivity contribution in [3.8, 4) is 0 Å². The number of carbonyl (C=O) groups excluding carboxylic acids is 1. The van der Waals surface area contributed by atoms with Crippen molar-refractivity contribution in [3.05, 3.63) is 33.9 Å². The van der Waals surface area contributed by atoms with E-state index in [1.807, 2.05) is 44.1 Å². The molecule has 1 aromatic heterocycles. The first kappa shape index (κ1) is 14.8. The average molecular weight is 337 g/mol. The Hall–Kier alpha value is -1.62. The van der Waals surface area contributed by atoms with Gasteiger partial charge >= 0.3 is 5.97 Å². The smallest absolute Gasteiger partial charge is 0.310 e. The highest BCUT2D eigenvalue weighted by molar-refractivity contribution is 9.10. The number of halogens is 1. The third-order valence-corrected chi connectivity index (χ3v) is 3.71. The third-order valence-electron chi connectivity index (χ3n) is 3.22. The van der Waals surface area contributed by atoms with E-state index in [1.165, 1.54) is 7.11 Å². The number of hydrogen-bond donors (Lipinski definition) is 0. The van der Waals surface area contributed by atoms with Gasteiger partial charge in [0.15, 0.2) is 0 Å². The van der Waals surface area contributed by atoms with Crippen molar-refractivity contribution in [2.75, 3.05) is 26.1 Å². The van der Waals surface area contributed by atoms with Gasteiger partial charge in [-0.15, -0.1) is 0 Å². The van der Waals surface area contributed by atoms with Gasteiger partial charge in [0.05, 0.1) is 24.7 Å². The molecule has 0 atom stereocenters. The van der Waals surface area contributed by atoms with Gasteiger partial charge in [-0.1, -0.05) is 15.9 Å². The minimum Gasteiger partial charge on any atom is -0.469 e. The second-order valence-corrected chi connectivity index (χ2v) is 5.75. The number of carbonyl (C=O) groups is 1. The summed E-state index contributed by atoms with van der Waals surface area (Å²) in [4.78, 5) is 18.2. The Kier molecular flexibility index (Phi) is 4.28. The summed E-state index contributed by atoms with van der Waals surface area (Å²) in [5, 5.41) is 1.02. The summed E-state index contributed by atoms with van der Waals surface area (Å²) in [6.07, 6.45) is 0.227. The number of ether oxygens (including phenoxy) is 1. The summed E-state index contributed by atoms with van der Waals surface area (Å²) in [6, 6.07) is 5.97. The first-order chi connectivity index (χ1) is 9.43. The third kappa shape index (κ3) is 2.77. The van der Waals surface area contributed by atoms with Crippen LogP contribution in [0.15, 0.2) is 22.7 Å². The van der Waals surface area contributed by atoms with Gasteiger partial charge < -0.3 is 9.64 Å². The lowest BCUT2D eigenvalue weighted by molar-refractivity contribution is -0.139. The number of aryl methyl sites for hydroxylation is 1. The number of nitrogens with zero attached hydrogens (tertiary/aromatic N) is 2. The SMILES string of the molecule is COC(=O)Cc1c(C)nc2ccc(Br)cc2c1N(C)C. The molecule has 0 unspecified atom stereocenters. The zero-order valence-corrected chi connectivity index (χ0v) is 13.6. The summed E-state index contributed by atoms with van der Waals surface area (Å²) in [7, 11) is 5.34. The number of aromatic nitrogens is 1. The normalized spacial score (nSPS) is 10.7. The Morgan fingerprint density at radius 2 is 2.10 bits per heavy atom. The molecule has 20 heavy (non-hydrogen) atoms. The van der Waals surface area contributed by atoms with Crippen molar-refractivity contribution >= 4 is 38.5 Å². The van der Waals surface area contributed by atoms with Gasteiger partial charge in [-0.3, -0.25) is 9.78 Å². The van der Waals surface area contributed by atoms with E-state index in [9.17, 15) is 4.79 Å². The maximum atomic E-state index is 11.6. The van der Waals surface area contributed by atoms with Crippen molar-refractivity contribution in [1.29, 1.82) is 0 Å². The summed E-state index contributed by atoms with van der Waals surface area (Å²) in [5.74, 6) is -0.257. The lowest BCUT2D eigenvalue weighted by Crippen LogP contribution is -2.16. The van der Waals surface area contributed by atoms with Crippen molar-refractivity contribution in [3.63, 3.8) is 0 Å². The highest BCUT2D eigenvalue weighted by Crippen LogP contribution is 2.32. The summed E-state index contributed by atoms with van der Waals surface area (Å²) in [5.41, 5.74) is 3.70. The van der Waals surface area contributed by atoms with Crippen LogP contribution in [0.3, 0.4) is 0 Å². The predicted molar refractivity (Wildman–Crippen MR) is 84.2 cm³/mol. The Bertz CT molecular complexity index is 668. The summed E-state index contributed by atoms with van der Waals surface area (Å²) < 4.78 is 5.77. The van der Waals surface area contributed by atoms with Crippen molar-refractivity contribution in [1.82, 2.24) is 4.98 Å². The Labute approximate surface area is 126 Å². The van der Waals surface area contributed by atoms with Crippen LogP contribution in [0.1, 0.15) is 11.3 Å². The molecule has 5 heteroatoms. The van der Waals surface area contributed by atoms with Gasteiger partial charge in [0.1, 0.15) is 0 Å². The molecule has 0 saturated carbocycles. The molecule has 0 spiro atoms. The van der Waals surface area contributed by atoms with Gasteiger partial charge in [0.25, 0.3) is 0 Å². The summed E-state index contributed by atoms with van der Waals surface area (Å²) >= 11 is 3.49. The van der Waals surface area contributed by atoms with Gasteiger partial charge in [-0.05, 0) is 25.1 Å². The molecular weight excluding hydrogens is 320 g/mol. The van der Waals surface area contributed by atoms with Gasteiger partial charge in [-0.2, -0.15) is 0 Å². The van der Waals surface area contributed by atoms with Crippen molar-refractivity contribution in [2.24, 2.45) is 0 Å². The molecule has 4 nitrogen and oxygen atoms in total. The zero-order chi connectivity index (χ0) is 14.9. The number of fused-ring (bicyclic) bond motifs is 1. The van der Waals surface area contributed by atoms with Crippen LogP contribution < -0.4 is 4.90 Å². The Morgan fingerprint density at radius 3 is 2.70 bits per heavy atom. The van der Waals surface area contributed by atoms with E-state index in [4.69, 9.17) is 4.74 Å². The first-order valence-corrected chi connectivity index (χ1v) is 7.06. The van der Waals surface area contributed by atoms with Crippen molar-refractivity contribution in [2.45, 2.75) is 13.3 Å². The van der Waals surface area contributed by atoms with Crippen LogP contribution >= 0.6 is 15.9 Å². The highest BCUT2D eigenvalue weighted by Gasteiger charge is 2.17. The molecule has 0 bridgehead atoms. The number of methoxy groups -OCH3 is 1. The topological polar surface area (TPSA) is 42.4 Å². The molecule has 0 aliphatic heterocycles. The molecule has 0 N–H and O–H groups in total. The van der Waals surface area contributed by atoms with E-state index in [0.29, 0.717) is 0 Å². The average Bonchev–Trinajstić information content (AvgIpc) is 2.39. The number of hydrogen-bond acceptors (Lipinski definition) is 4. The highest BCUT2D eigenvalue weighted by atomic mass is 79.9. The van der Waals surface area contributed by atoms with Crippen LogP contribution in [0, 0.1) is 6.92 Å². The number of esters is 1. The van der Waals surface area contributed by atoms with Crippen LogP contribution in [0.5, 0.6) is 0 Å². The van der Waals surface area contributed by atoms with Crippen LogP contribution in [-0.2, 0) is 16.0 Å². The number of benzene rings is 1. The fraction of sp³-hybridized carbons (Fsp3) is 0.333. The van der Waals surface area contributed by atoms with E-state index in [1.54, 1.807) is 0 Å². The number of pyridine rings is 1. The molecular formula is C15H17BrN2O2. The molecule has 106 valence electrons. The summed E-state index contributed by atoms with van der Waals surface area (Å²) in [6.45, 7) is 1.92. The van der Waals surface area contributed by atoms with Gasteiger partial charge in [0.2, 0.25) is 0 Å². The molecule has 1 heterocycles. The molecule has 0 fully saturated rings. The van der Waals surface area contributed by atoms with E-state index >= 15 is 0 Å². The largest absolute Gasteiger partial charge is 0.469 e. The van der Waals surface area contributed by atoms with Crippen LogP contribution in [-0.4, -0.2) is 32.2 Å². The van der Waals surface area contributed by atoms with Crippen LogP contribution in [0.4, 0.5) is 5.69 Å². The van der Waals surface area contributed by atoms with Crippen LogP contribution in [0.2, 0.25) is 0 Å². The second-order valence-electron chi connectivity index (χ2n) is 4.83. The standard InChI is InChI=1S/C15H17BrN2O2/c1-9-11(8-14(19)20-4)15(18(2)3)12-7-10(16)5-6-13(12)17-9/h5-7H,8H2,1-4H3. The maximum absolute atomic E-state index is 11.6. The Balaban J connectivity index is 2.75. The number of anilines is 1. The molecule has 2 rings (SSSR count). The minimum absolute atomic E-state index is 0.227. The predicted octanol–water partition coefficient (Wildman–Crippen LogP) is 3.09. The van der Waals surface area contributed by atoms with Crippen LogP contribution in [0.25, 0.3) is 10.9 Å². The lowest BCUT2D eigenvalue weighted by atomic mass is 10.0. The van der Waals surface area contributed by atoms with E-state index in [0.717, 1.165) is 32.3 Å². The van der Waals surface area contributed by atoms with Gasteiger partial charge in [-0.25, -0.2) is 0 Å². The maximum Gasteiger partial charge on any atom is 0.310 e. The quantitative estimate of drug-likeness (QED) is 0.808. The minimum atomic E-state index is -0.257. The lowest BCUT2D eigenvalue weighted by Gasteiger charge is -2.21. The fourth-order valence-corrected chi connectivity index (χ4v) is 2.68. The zero-order valence-electron chi connectivity index (χ0n) is 12.0. The molecule has 0 radical (unpaired) electrons. The number of rotatable bonds is 3. The molecule has 2 aromatic rings.